The fourth-order valence-corrected chi connectivity index (χ4v) is 3.19. The number of hydrogen-bond acceptors (Lipinski definition) is 12. The van der Waals surface area contributed by atoms with Crippen molar-refractivity contribution in [1.82, 2.24) is 0 Å². The van der Waals surface area contributed by atoms with Gasteiger partial charge in [0.05, 0.1) is 132 Å². The van der Waals surface area contributed by atoms with Crippen LogP contribution in [0.1, 0.15) is 12.0 Å². The number of rotatable bonds is 33. The van der Waals surface area contributed by atoms with E-state index >= 15 is 0 Å². The first-order valence-electron chi connectivity index (χ1n) is 14.5. The summed E-state index contributed by atoms with van der Waals surface area (Å²) in [7, 11) is 0. The Morgan fingerprint density at radius 2 is 0.634 bits per heavy atom. The summed E-state index contributed by atoms with van der Waals surface area (Å²) >= 11 is 0. The van der Waals surface area contributed by atoms with E-state index in [1.807, 2.05) is 12.1 Å². The molecule has 12 nitrogen and oxygen atoms in total. The fraction of sp³-hybridized carbons (Fsp3) is 0.793. The molecule has 0 saturated carbocycles. The van der Waals surface area contributed by atoms with Gasteiger partial charge in [-0.2, -0.15) is 0 Å². The SMILES string of the molecule is OCCOCCOCCOCCOCCOCCOCCOCCOCCOCCOCCCc1ccc(O)cc1. The lowest BCUT2D eigenvalue weighted by atomic mass is 10.1. The molecule has 0 unspecified atom stereocenters. The largest absolute Gasteiger partial charge is 0.508 e. The van der Waals surface area contributed by atoms with Crippen LogP contribution in [0, 0.1) is 0 Å². The molecule has 0 aliphatic heterocycles. The van der Waals surface area contributed by atoms with Gasteiger partial charge in [-0.25, -0.2) is 0 Å². The van der Waals surface area contributed by atoms with E-state index in [2.05, 4.69) is 0 Å². The highest BCUT2D eigenvalue weighted by molar-refractivity contribution is 5.25. The van der Waals surface area contributed by atoms with Crippen LogP contribution in [0.25, 0.3) is 0 Å². The molecule has 0 aliphatic rings. The third-order valence-electron chi connectivity index (χ3n) is 5.27. The summed E-state index contributed by atoms with van der Waals surface area (Å²) in [6, 6.07) is 7.26. The summed E-state index contributed by atoms with van der Waals surface area (Å²) in [6.45, 7) is 10.3. The van der Waals surface area contributed by atoms with Crippen molar-refractivity contribution in [2.75, 3.05) is 139 Å². The van der Waals surface area contributed by atoms with Gasteiger partial charge in [0.25, 0.3) is 0 Å². The monoisotopic (exact) mass is 592 g/mol. The topological polar surface area (TPSA) is 133 Å². The molecule has 0 saturated heterocycles. The Morgan fingerprint density at radius 3 is 0.927 bits per heavy atom. The van der Waals surface area contributed by atoms with Gasteiger partial charge in [0.1, 0.15) is 5.75 Å². The Bertz CT molecular complexity index is 635. The van der Waals surface area contributed by atoms with Crippen molar-refractivity contribution in [3.05, 3.63) is 29.8 Å². The van der Waals surface area contributed by atoms with Crippen molar-refractivity contribution in [2.24, 2.45) is 0 Å². The Balaban J connectivity index is 1.63. The highest BCUT2D eigenvalue weighted by Gasteiger charge is 1.97. The minimum atomic E-state index is 0.0256. The number of phenols is 1. The van der Waals surface area contributed by atoms with Gasteiger partial charge in [0.15, 0.2) is 0 Å². The molecule has 0 aliphatic carbocycles. The lowest BCUT2D eigenvalue weighted by Crippen LogP contribution is -2.15. The molecule has 0 spiro atoms. The number of aliphatic hydroxyl groups excluding tert-OH is 1. The summed E-state index contributed by atoms with van der Waals surface area (Å²) < 4.78 is 54.1. The van der Waals surface area contributed by atoms with Crippen LogP contribution < -0.4 is 0 Å². The van der Waals surface area contributed by atoms with Crippen molar-refractivity contribution >= 4 is 0 Å². The van der Waals surface area contributed by atoms with Crippen LogP contribution in [0.5, 0.6) is 5.75 Å². The first-order chi connectivity index (χ1) is 20.3. The number of phenolic OH excluding ortho intramolecular Hbond substituents is 1. The zero-order chi connectivity index (χ0) is 29.3. The number of hydrogen-bond donors (Lipinski definition) is 2. The minimum Gasteiger partial charge on any atom is -0.508 e. The summed E-state index contributed by atoms with van der Waals surface area (Å²) in [5, 5.41) is 17.8. The third kappa shape index (κ3) is 28.5. The predicted octanol–water partition coefficient (Wildman–Crippen LogP) is 1.48. The Kier molecular flexibility index (Phi) is 28.9. The summed E-state index contributed by atoms with van der Waals surface area (Å²) in [6.07, 6.45) is 1.86. The van der Waals surface area contributed by atoms with Crippen molar-refractivity contribution < 1.29 is 57.6 Å². The summed E-state index contributed by atoms with van der Waals surface area (Å²) in [5.41, 5.74) is 1.19. The zero-order valence-corrected chi connectivity index (χ0v) is 24.5. The van der Waals surface area contributed by atoms with E-state index in [0.29, 0.717) is 132 Å². The second kappa shape index (κ2) is 31.5. The number of aryl methyl sites for hydroxylation is 1. The van der Waals surface area contributed by atoms with E-state index in [0.717, 1.165) is 12.8 Å². The van der Waals surface area contributed by atoms with Gasteiger partial charge in [-0.3, -0.25) is 0 Å². The minimum absolute atomic E-state index is 0.0256. The van der Waals surface area contributed by atoms with Gasteiger partial charge in [-0.1, -0.05) is 12.1 Å². The maximum absolute atomic E-state index is 9.27. The van der Waals surface area contributed by atoms with E-state index in [4.69, 9.17) is 52.5 Å². The molecule has 0 heterocycles. The van der Waals surface area contributed by atoms with Gasteiger partial charge in [0.2, 0.25) is 0 Å². The maximum atomic E-state index is 9.27. The van der Waals surface area contributed by atoms with E-state index in [1.54, 1.807) is 12.1 Å². The highest BCUT2D eigenvalue weighted by atomic mass is 16.6. The lowest BCUT2D eigenvalue weighted by Gasteiger charge is -2.09. The molecule has 1 aromatic rings. The molecule has 240 valence electrons. The van der Waals surface area contributed by atoms with Gasteiger partial charge in [-0.15, -0.1) is 0 Å². The molecule has 0 aromatic heterocycles. The fourth-order valence-electron chi connectivity index (χ4n) is 3.19. The van der Waals surface area contributed by atoms with Crippen LogP contribution in [-0.2, 0) is 53.8 Å². The quantitative estimate of drug-likeness (QED) is 0.115. The molecule has 12 heteroatoms. The van der Waals surface area contributed by atoms with Crippen molar-refractivity contribution in [1.29, 1.82) is 0 Å². The average molecular weight is 593 g/mol. The molecular weight excluding hydrogens is 540 g/mol. The molecule has 0 bridgehead atoms. The first-order valence-corrected chi connectivity index (χ1v) is 14.5. The molecule has 2 N–H and O–H groups in total. The smallest absolute Gasteiger partial charge is 0.115 e. The Labute approximate surface area is 245 Å². The maximum Gasteiger partial charge on any atom is 0.115 e. The standard InChI is InChI=1S/C29H52O12/c30-7-9-33-11-13-35-15-17-37-19-21-39-23-25-41-27-26-40-24-22-38-20-18-36-16-14-34-12-10-32-8-1-2-28-3-5-29(31)6-4-28/h3-6,30-31H,1-2,7-27H2. The highest BCUT2D eigenvalue weighted by Crippen LogP contribution is 2.11. The predicted molar refractivity (Wildman–Crippen MR) is 152 cm³/mol. The molecule has 1 aromatic carbocycles. The van der Waals surface area contributed by atoms with Crippen LogP contribution in [0.3, 0.4) is 0 Å². The number of benzene rings is 1. The van der Waals surface area contributed by atoms with Gasteiger partial charge in [0, 0.05) is 6.61 Å². The second-order valence-electron chi connectivity index (χ2n) is 8.62. The average Bonchev–Trinajstić information content (AvgIpc) is 2.98. The Morgan fingerprint density at radius 1 is 0.366 bits per heavy atom. The zero-order valence-electron chi connectivity index (χ0n) is 24.5. The van der Waals surface area contributed by atoms with Gasteiger partial charge < -0.3 is 57.6 Å². The van der Waals surface area contributed by atoms with Crippen LogP contribution in [-0.4, -0.2) is 149 Å². The van der Waals surface area contributed by atoms with Crippen LogP contribution in [0.2, 0.25) is 0 Å². The van der Waals surface area contributed by atoms with E-state index in [9.17, 15) is 5.11 Å². The first kappa shape index (κ1) is 37.6. The molecule has 41 heavy (non-hydrogen) atoms. The van der Waals surface area contributed by atoms with Gasteiger partial charge >= 0.3 is 0 Å². The second-order valence-corrected chi connectivity index (χ2v) is 8.62. The lowest BCUT2D eigenvalue weighted by molar-refractivity contribution is -0.0268. The molecular formula is C29H52O12. The van der Waals surface area contributed by atoms with E-state index in [-0.39, 0.29) is 12.4 Å². The normalized spacial score (nSPS) is 11.4. The summed E-state index contributed by atoms with van der Waals surface area (Å²) in [4.78, 5) is 0. The number of ether oxygens (including phenoxy) is 10. The summed E-state index contributed by atoms with van der Waals surface area (Å²) in [5.74, 6) is 0.289. The van der Waals surface area contributed by atoms with Crippen molar-refractivity contribution in [3.8, 4) is 5.75 Å². The molecule has 0 radical (unpaired) electrons. The van der Waals surface area contributed by atoms with Crippen LogP contribution in [0.15, 0.2) is 24.3 Å². The third-order valence-corrected chi connectivity index (χ3v) is 5.27. The molecule has 1 rings (SSSR count). The number of aliphatic hydroxyl groups is 1. The van der Waals surface area contributed by atoms with Crippen LogP contribution in [0.4, 0.5) is 0 Å². The molecule has 0 atom stereocenters. The van der Waals surface area contributed by atoms with E-state index in [1.165, 1.54) is 5.56 Å². The van der Waals surface area contributed by atoms with Crippen molar-refractivity contribution in [2.45, 2.75) is 12.8 Å². The molecule has 0 fully saturated rings. The molecule has 0 amide bonds. The van der Waals surface area contributed by atoms with Gasteiger partial charge in [-0.05, 0) is 30.5 Å². The Hall–Kier alpha value is -1.42. The van der Waals surface area contributed by atoms with Crippen molar-refractivity contribution in [3.63, 3.8) is 0 Å². The van der Waals surface area contributed by atoms with Crippen LogP contribution >= 0.6 is 0 Å². The van der Waals surface area contributed by atoms with E-state index < -0.39 is 0 Å². The number of aromatic hydroxyl groups is 1.